The van der Waals surface area contributed by atoms with Crippen LogP contribution in [-0.4, -0.2) is 43.6 Å². The van der Waals surface area contributed by atoms with Crippen molar-refractivity contribution in [2.24, 2.45) is 5.73 Å². The Hall–Kier alpha value is -2.94. The van der Waals surface area contributed by atoms with Crippen molar-refractivity contribution in [2.45, 2.75) is 44.6 Å². The summed E-state index contributed by atoms with van der Waals surface area (Å²) in [6.07, 6.45) is 1.66. The molecule has 0 aliphatic rings. The highest BCUT2D eigenvalue weighted by Gasteiger charge is 2.34. The molecule has 0 aromatic heterocycles. The molecule has 0 spiro atoms. The molecule has 8 nitrogen and oxygen atoms in total. The van der Waals surface area contributed by atoms with Crippen LogP contribution in [0.15, 0.2) is 60.7 Å². The number of unbranched alkanes of at least 4 members (excludes halogenated alkanes) is 1. The Labute approximate surface area is 200 Å². The van der Waals surface area contributed by atoms with E-state index in [9.17, 15) is 14.4 Å². The Morgan fingerprint density at radius 1 is 0.818 bits per heavy atom. The van der Waals surface area contributed by atoms with Crippen LogP contribution in [0.4, 0.5) is 0 Å². The number of halogens is 1. The monoisotopic (exact) mass is 478 g/mol. The minimum atomic E-state index is -1.48. The van der Waals surface area contributed by atoms with E-state index in [1.54, 1.807) is 24.3 Å². The molecule has 0 bridgehead atoms. The van der Waals surface area contributed by atoms with Gasteiger partial charge < -0.3 is 19.9 Å². The summed E-state index contributed by atoms with van der Waals surface area (Å²) in [6.45, 7) is 0.440. The molecule has 0 aliphatic carbocycles. The van der Waals surface area contributed by atoms with Gasteiger partial charge in [0.1, 0.15) is 19.3 Å². The highest BCUT2D eigenvalue weighted by atomic mass is 35.5. The molecule has 180 valence electrons. The van der Waals surface area contributed by atoms with E-state index in [2.05, 4.69) is 5.32 Å². The summed E-state index contributed by atoms with van der Waals surface area (Å²) in [5.41, 5.74) is 7.06. The lowest BCUT2D eigenvalue weighted by Gasteiger charge is -2.22. The number of nitrogens with one attached hydrogen (secondary N) is 1. The molecule has 0 heterocycles. The molecule has 0 saturated heterocycles. The number of ether oxygens (including phenoxy) is 3. The molecule has 0 fully saturated rings. The van der Waals surface area contributed by atoms with Crippen molar-refractivity contribution in [3.05, 3.63) is 71.8 Å². The molecular formula is C24H31ClN2O6. The predicted octanol–water partition coefficient (Wildman–Crippen LogP) is 2.52. The third kappa shape index (κ3) is 10.0. The van der Waals surface area contributed by atoms with Crippen LogP contribution in [0.3, 0.4) is 0 Å². The molecule has 1 atom stereocenters. The van der Waals surface area contributed by atoms with Gasteiger partial charge >= 0.3 is 17.9 Å². The number of esters is 3. The maximum absolute atomic E-state index is 12.8. The fraction of sp³-hybridized carbons (Fsp3) is 0.375. The lowest BCUT2D eigenvalue weighted by atomic mass is 10.1. The van der Waals surface area contributed by atoms with Gasteiger partial charge in [-0.25, -0.2) is 9.59 Å². The smallest absolute Gasteiger partial charge is 0.335 e. The Morgan fingerprint density at radius 2 is 1.30 bits per heavy atom. The molecule has 33 heavy (non-hydrogen) atoms. The predicted molar refractivity (Wildman–Crippen MR) is 125 cm³/mol. The van der Waals surface area contributed by atoms with Gasteiger partial charge in [-0.05, 0) is 30.5 Å². The van der Waals surface area contributed by atoms with Gasteiger partial charge in [0, 0.05) is 0 Å². The van der Waals surface area contributed by atoms with Crippen LogP contribution in [0.5, 0.6) is 0 Å². The minimum Gasteiger partial charge on any atom is -0.468 e. The number of methoxy groups -OCH3 is 1. The van der Waals surface area contributed by atoms with E-state index in [4.69, 9.17) is 19.9 Å². The summed E-state index contributed by atoms with van der Waals surface area (Å²) >= 11 is 0. The van der Waals surface area contributed by atoms with E-state index in [1.807, 2.05) is 36.4 Å². The molecule has 3 N–H and O–H groups in total. The summed E-state index contributed by atoms with van der Waals surface area (Å²) in [4.78, 5) is 37.8. The molecular weight excluding hydrogens is 448 g/mol. The van der Waals surface area contributed by atoms with Gasteiger partial charge in [-0.3, -0.25) is 10.1 Å². The summed E-state index contributed by atoms with van der Waals surface area (Å²) in [6, 6.07) is 15.8. The zero-order valence-electron chi connectivity index (χ0n) is 18.6. The molecule has 0 amide bonds. The van der Waals surface area contributed by atoms with Crippen molar-refractivity contribution < 1.29 is 28.6 Å². The van der Waals surface area contributed by atoms with E-state index in [-0.39, 0.29) is 25.6 Å². The average Bonchev–Trinajstić information content (AvgIpc) is 2.84. The molecule has 0 saturated carbocycles. The molecule has 2 rings (SSSR count). The van der Waals surface area contributed by atoms with Crippen LogP contribution in [0.2, 0.25) is 0 Å². The number of nitrogens with two attached hydrogens (primary N) is 1. The zero-order valence-corrected chi connectivity index (χ0v) is 19.4. The average molecular weight is 479 g/mol. The largest absolute Gasteiger partial charge is 0.468 e. The molecule has 2 aromatic rings. The van der Waals surface area contributed by atoms with E-state index in [0.717, 1.165) is 11.1 Å². The fourth-order valence-electron chi connectivity index (χ4n) is 2.96. The van der Waals surface area contributed by atoms with Crippen molar-refractivity contribution in [1.82, 2.24) is 5.32 Å². The molecule has 2 aromatic carbocycles. The van der Waals surface area contributed by atoms with E-state index in [1.165, 1.54) is 7.11 Å². The Kier molecular flexibility index (Phi) is 13.4. The Balaban J connectivity index is 0.00000544. The number of hydrogen-bond acceptors (Lipinski definition) is 8. The third-order valence-electron chi connectivity index (χ3n) is 4.72. The SMILES string of the molecule is COC(=O)C(CCCCN)NC(C(=O)OCc1ccccc1)C(=O)OCc1ccccc1.Cl. The van der Waals surface area contributed by atoms with E-state index >= 15 is 0 Å². The van der Waals surface area contributed by atoms with Gasteiger partial charge in [0.05, 0.1) is 7.11 Å². The van der Waals surface area contributed by atoms with Crippen LogP contribution in [-0.2, 0) is 41.8 Å². The Morgan fingerprint density at radius 3 is 1.73 bits per heavy atom. The summed E-state index contributed by atoms with van der Waals surface area (Å²) in [5, 5.41) is 2.77. The first-order chi connectivity index (χ1) is 15.5. The highest BCUT2D eigenvalue weighted by molar-refractivity contribution is 5.99. The number of benzene rings is 2. The van der Waals surface area contributed by atoms with Crippen molar-refractivity contribution >= 4 is 30.3 Å². The highest BCUT2D eigenvalue weighted by Crippen LogP contribution is 2.09. The van der Waals surface area contributed by atoms with E-state index in [0.29, 0.717) is 25.8 Å². The summed E-state index contributed by atoms with van der Waals surface area (Å²) < 4.78 is 15.5. The molecule has 1 unspecified atom stereocenters. The van der Waals surface area contributed by atoms with Crippen LogP contribution < -0.4 is 11.1 Å². The normalized spacial score (nSPS) is 11.2. The van der Waals surface area contributed by atoms with Gasteiger partial charge in [0.25, 0.3) is 0 Å². The van der Waals surface area contributed by atoms with E-state index < -0.39 is 30.0 Å². The fourth-order valence-corrected chi connectivity index (χ4v) is 2.96. The second kappa shape index (κ2) is 15.8. The maximum atomic E-state index is 12.8. The molecule has 9 heteroatoms. The van der Waals surface area contributed by atoms with Gasteiger partial charge in [0.15, 0.2) is 0 Å². The molecule has 0 aliphatic heterocycles. The van der Waals surface area contributed by atoms with Gasteiger partial charge in [-0.15, -0.1) is 12.4 Å². The van der Waals surface area contributed by atoms with Crippen molar-refractivity contribution in [1.29, 1.82) is 0 Å². The first-order valence-electron chi connectivity index (χ1n) is 10.5. The number of carbonyl (C=O) groups excluding carboxylic acids is 3. The third-order valence-corrected chi connectivity index (χ3v) is 4.72. The molecule has 0 radical (unpaired) electrons. The maximum Gasteiger partial charge on any atom is 0.335 e. The first kappa shape index (κ1) is 28.1. The lowest BCUT2D eigenvalue weighted by Crippen LogP contribution is -2.52. The minimum absolute atomic E-state index is 0. The van der Waals surface area contributed by atoms with Gasteiger partial charge in [0.2, 0.25) is 6.04 Å². The summed E-state index contributed by atoms with van der Waals surface area (Å²) in [7, 11) is 1.25. The van der Waals surface area contributed by atoms with Crippen molar-refractivity contribution in [3.63, 3.8) is 0 Å². The topological polar surface area (TPSA) is 117 Å². The lowest BCUT2D eigenvalue weighted by molar-refractivity contribution is -0.161. The first-order valence-corrected chi connectivity index (χ1v) is 10.5. The van der Waals surface area contributed by atoms with Crippen LogP contribution in [0, 0.1) is 0 Å². The Bertz CT molecular complexity index is 795. The zero-order chi connectivity index (χ0) is 23.2. The quantitative estimate of drug-likeness (QED) is 0.195. The standard InChI is InChI=1S/C24H30N2O6.ClH/c1-30-22(27)20(14-8-9-15-25)26-21(23(28)31-16-18-10-4-2-5-11-18)24(29)32-17-19-12-6-3-7-13-19;/h2-7,10-13,20-21,26H,8-9,14-17,25H2,1H3;1H. The number of hydrogen-bond donors (Lipinski definition) is 2. The van der Waals surface area contributed by atoms with Crippen molar-refractivity contribution in [2.75, 3.05) is 13.7 Å². The number of carbonyl (C=O) groups is 3. The second-order valence-electron chi connectivity index (χ2n) is 7.15. The summed E-state index contributed by atoms with van der Waals surface area (Å²) in [5.74, 6) is -2.25. The van der Waals surface area contributed by atoms with Crippen molar-refractivity contribution in [3.8, 4) is 0 Å². The van der Waals surface area contributed by atoms with Crippen LogP contribution in [0.25, 0.3) is 0 Å². The second-order valence-corrected chi connectivity index (χ2v) is 7.15. The number of rotatable bonds is 13. The van der Waals surface area contributed by atoms with Crippen LogP contribution >= 0.6 is 12.4 Å². The van der Waals surface area contributed by atoms with Gasteiger partial charge in [-0.1, -0.05) is 67.1 Å². The van der Waals surface area contributed by atoms with Crippen LogP contribution in [0.1, 0.15) is 30.4 Å². The van der Waals surface area contributed by atoms with Gasteiger partial charge in [-0.2, -0.15) is 0 Å².